The number of hydrogen-bond donors (Lipinski definition) is 1. The molecule has 3 aromatic rings. The van der Waals surface area contributed by atoms with E-state index in [0.29, 0.717) is 47.8 Å². The molecule has 1 N–H and O–H groups in total. The molecule has 1 atom stereocenters. The van der Waals surface area contributed by atoms with Crippen molar-refractivity contribution < 1.29 is 18.7 Å². The molecule has 2 aromatic heterocycles. The summed E-state index contributed by atoms with van der Waals surface area (Å²) >= 11 is 6.09. The van der Waals surface area contributed by atoms with Gasteiger partial charge in [0.2, 0.25) is 5.88 Å². The summed E-state index contributed by atoms with van der Waals surface area (Å²) in [6.07, 6.45) is 3.59. The number of aromatic amines is 1. The average molecular weight is 459 g/mol. The van der Waals surface area contributed by atoms with Crippen molar-refractivity contribution in [3.63, 3.8) is 0 Å². The fourth-order valence-corrected chi connectivity index (χ4v) is 3.80. The normalized spacial score (nSPS) is 15.6. The van der Waals surface area contributed by atoms with Crippen LogP contribution in [0, 0.1) is 5.82 Å². The zero-order valence-electron chi connectivity index (χ0n) is 17.2. The number of carbonyl (C=O) groups is 1. The first-order valence-electron chi connectivity index (χ1n) is 9.91. The Bertz CT molecular complexity index is 1200. The van der Waals surface area contributed by atoms with Crippen LogP contribution in [-0.4, -0.2) is 47.5 Å². The predicted octanol–water partition coefficient (Wildman–Crippen LogP) is 3.00. The largest absolute Gasteiger partial charge is 0.472 e. The molecule has 8 nitrogen and oxygen atoms in total. The molecule has 1 aromatic carbocycles. The van der Waals surface area contributed by atoms with Gasteiger partial charge in [0, 0.05) is 30.8 Å². The molecule has 0 saturated carbocycles. The van der Waals surface area contributed by atoms with E-state index in [-0.39, 0.29) is 17.5 Å². The highest BCUT2D eigenvalue weighted by molar-refractivity contribution is 6.33. The number of rotatable bonds is 6. The molecule has 10 heteroatoms. The molecule has 1 aliphatic rings. The Labute approximate surface area is 188 Å². The molecular formula is C22H20ClFN4O4. The van der Waals surface area contributed by atoms with E-state index in [0.717, 1.165) is 0 Å². The smallest absolute Gasteiger partial charge is 0.309 e. The van der Waals surface area contributed by atoms with E-state index in [1.54, 1.807) is 30.5 Å². The Balaban J connectivity index is 1.47. The summed E-state index contributed by atoms with van der Waals surface area (Å²) in [5.74, 6) is -0.519. The number of benzene rings is 1. The Hall–Kier alpha value is -3.46. The highest BCUT2D eigenvalue weighted by Gasteiger charge is 2.27. The predicted molar refractivity (Wildman–Crippen MR) is 116 cm³/mol. The lowest BCUT2D eigenvalue weighted by molar-refractivity contribution is -0.139. The number of halogens is 2. The Morgan fingerprint density at radius 1 is 1.34 bits per heavy atom. The van der Waals surface area contributed by atoms with Gasteiger partial charge in [0.15, 0.2) is 0 Å². The minimum atomic E-state index is -0.452. The van der Waals surface area contributed by atoms with Crippen LogP contribution in [0.15, 0.2) is 47.5 Å². The van der Waals surface area contributed by atoms with Crippen LogP contribution >= 0.6 is 11.6 Å². The number of aromatic nitrogens is 3. The third-order valence-electron chi connectivity index (χ3n) is 5.21. The van der Waals surface area contributed by atoms with E-state index in [2.05, 4.69) is 19.9 Å². The number of hydrogen-bond acceptors (Lipinski definition) is 7. The van der Waals surface area contributed by atoms with Crippen molar-refractivity contribution in [3.05, 3.63) is 69.5 Å². The van der Waals surface area contributed by atoms with Crippen LogP contribution in [0.1, 0.15) is 12.0 Å². The van der Waals surface area contributed by atoms with Crippen LogP contribution in [0.4, 0.5) is 10.1 Å². The number of nitrogens with zero attached hydrogens (tertiary/aromatic N) is 3. The highest BCUT2D eigenvalue weighted by atomic mass is 35.5. The molecule has 0 amide bonds. The van der Waals surface area contributed by atoms with Gasteiger partial charge < -0.3 is 14.4 Å². The summed E-state index contributed by atoms with van der Waals surface area (Å²) < 4.78 is 25.3. The van der Waals surface area contributed by atoms with E-state index in [1.165, 1.54) is 19.4 Å². The number of ether oxygens (including phenoxy) is 2. The molecule has 166 valence electrons. The summed E-state index contributed by atoms with van der Waals surface area (Å²) in [6.45, 7) is 1.15. The first-order chi connectivity index (χ1) is 15.4. The molecule has 0 radical (unpaired) electrons. The minimum absolute atomic E-state index is 0.00338. The lowest BCUT2D eigenvalue weighted by Gasteiger charge is -2.19. The second-order valence-electron chi connectivity index (χ2n) is 7.32. The summed E-state index contributed by atoms with van der Waals surface area (Å²) in [7, 11) is 1.29. The van der Waals surface area contributed by atoms with Crippen LogP contribution in [0.25, 0.3) is 11.1 Å². The van der Waals surface area contributed by atoms with Gasteiger partial charge in [-0.15, -0.1) is 0 Å². The number of anilines is 1. The standard InChI is InChI=1S/C22H20ClFN4O4/c1-31-20(29)9-13-2-3-16(17(24)8-13)14-4-6-25-19(10-14)32-15-5-7-28(12-15)18-11-26-27-22(30)21(18)23/h2-4,6,8,10-11,15H,5,7,9,12H2,1H3,(H,27,30)/t15-/m1/s1. The first-order valence-corrected chi connectivity index (χ1v) is 10.3. The zero-order chi connectivity index (χ0) is 22.7. The van der Waals surface area contributed by atoms with Gasteiger partial charge in [-0.05, 0) is 23.3 Å². The van der Waals surface area contributed by atoms with Gasteiger partial charge in [0.25, 0.3) is 5.56 Å². The van der Waals surface area contributed by atoms with Gasteiger partial charge in [0.05, 0.1) is 32.0 Å². The van der Waals surface area contributed by atoms with E-state index < -0.39 is 17.3 Å². The van der Waals surface area contributed by atoms with Gasteiger partial charge in [-0.1, -0.05) is 23.7 Å². The van der Waals surface area contributed by atoms with Crippen molar-refractivity contribution in [1.29, 1.82) is 0 Å². The maximum absolute atomic E-state index is 14.7. The van der Waals surface area contributed by atoms with Crippen LogP contribution < -0.4 is 15.2 Å². The number of H-pyrrole nitrogens is 1. The third-order valence-corrected chi connectivity index (χ3v) is 5.57. The van der Waals surface area contributed by atoms with Crippen LogP contribution in [0.2, 0.25) is 5.02 Å². The second kappa shape index (κ2) is 9.35. The highest BCUT2D eigenvalue weighted by Crippen LogP contribution is 2.29. The quantitative estimate of drug-likeness (QED) is 0.567. The summed E-state index contributed by atoms with van der Waals surface area (Å²) in [5, 5.41) is 6.19. The van der Waals surface area contributed by atoms with Crippen LogP contribution in [0.5, 0.6) is 5.88 Å². The van der Waals surface area contributed by atoms with Crippen molar-refractivity contribution in [2.24, 2.45) is 0 Å². The second-order valence-corrected chi connectivity index (χ2v) is 7.70. The molecule has 0 aliphatic carbocycles. The van der Waals surface area contributed by atoms with E-state index in [9.17, 15) is 14.0 Å². The minimum Gasteiger partial charge on any atom is -0.472 e. The first kappa shape index (κ1) is 21.8. The molecule has 1 fully saturated rings. The van der Waals surface area contributed by atoms with Gasteiger partial charge in [-0.2, -0.15) is 5.10 Å². The molecular weight excluding hydrogens is 439 g/mol. The van der Waals surface area contributed by atoms with Crippen molar-refractivity contribution in [2.75, 3.05) is 25.1 Å². The number of esters is 1. The molecule has 0 bridgehead atoms. The van der Waals surface area contributed by atoms with Crippen molar-refractivity contribution >= 4 is 23.3 Å². The topological polar surface area (TPSA) is 97.4 Å². The van der Waals surface area contributed by atoms with Gasteiger partial charge in [0.1, 0.15) is 16.9 Å². The lowest BCUT2D eigenvalue weighted by Crippen LogP contribution is -2.26. The van der Waals surface area contributed by atoms with Crippen LogP contribution in [0.3, 0.4) is 0 Å². The van der Waals surface area contributed by atoms with E-state index in [1.807, 2.05) is 4.90 Å². The molecule has 0 spiro atoms. The maximum atomic E-state index is 14.7. The number of methoxy groups -OCH3 is 1. The van der Waals surface area contributed by atoms with Crippen molar-refractivity contribution in [1.82, 2.24) is 15.2 Å². The summed E-state index contributed by atoms with van der Waals surface area (Å²) in [4.78, 5) is 29.3. The summed E-state index contributed by atoms with van der Waals surface area (Å²) in [5.41, 5.74) is 1.62. The number of carbonyl (C=O) groups excluding carboxylic acids is 1. The van der Waals surface area contributed by atoms with Crippen molar-refractivity contribution in [3.8, 4) is 17.0 Å². The Kier molecular flexibility index (Phi) is 6.36. The Morgan fingerprint density at radius 3 is 2.97 bits per heavy atom. The number of nitrogens with one attached hydrogen (secondary N) is 1. The van der Waals surface area contributed by atoms with Crippen LogP contribution in [-0.2, 0) is 16.0 Å². The van der Waals surface area contributed by atoms with E-state index >= 15 is 0 Å². The lowest BCUT2D eigenvalue weighted by atomic mass is 10.0. The Morgan fingerprint density at radius 2 is 2.19 bits per heavy atom. The monoisotopic (exact) mass is 458 g/mol. The molecule has 32 heavy (non-hydrogen) atoms. The van der Waals surface area contributed by atoms with E-state index in [4.69, 9.17) is 16.3 Å². The maximum Gasteiger partial charge on any atom is 0.309 e. The zero-order valence-corrected chi connectivity index (χ0v) is 17.9. The summed E-state index contributed by atoms with van der Waals surface area (Å²) in [6, 6.07) is 7.98. The SMILES string of the molecule is COC(=O)Cc1ccc(-c2ccnc(O[C@@H]3CCN(c4cn[nH]c(=O)c4Cl)C3)c2)c(F)c1. The molecule has 1 aliphatic heterocycles. The molecule has 1 saturated heterocycles. The third kappa shape index (κ3) is 4.72. The molecule has 3 heterocycles. The molecule has 4 rings (SSSR count). The van der Waals surface area contributed by atoms with Gasteiger partial charge in [-0.3, -0.25) is 9.59 Å². The van der Waals surface area contributed by atoms with Gasteiger partial charge >= 0.3 is 5.97 Å². The number of pyridine rings is 1. The fraction of sp³-hybridized carbons (Fsp3) is 0.273. The molecule has 0 unspecified atom stereocenters. The van der Waals surface area contributed by atoms with Gasteiger partial charge in [-0.25, -0.2) is 14.5 Å². The van der Waals surface area contributed by atoms with Crippen molar-refractivity contribution in [2.45, 2.75) is 18.9 Å². The fourth-order valence-electron chi connectivity index (χ4n) is 3.59. The average Bonchev–Trinajstić information content (AvgIpc) is 3.24.